The monoisotopic (exact) mass is 265 g/mol. The zero-order valence-corrected chi connectivity index (χ0v) is 10.3. The summed E-state index contributed by atoms with van der Waals surface area (Å²) >= 11 is 3.42. The van der Waals surface area contributed by atoms with Gasteiger partial charge in [0.15, 0.2) is 0 Å². The summed E-state index contributed by atoms with van der Waals surface area (Å²) in [6, 6.07) is 7.64. The van der Waals surface area contributed by atoms with E-state index >= 15 is 0 Å². The van der Waals surface area contributed by atoms with Gasteiger partial charge in [-0.2, -0.15) is 5.26 Å². The second-order valence-electron chi connectivity index (χ2n) is 3.11. The van der Waals surface area contributed by atoms with E-state index < -0.39 is 0 Å². The number of alkyl halides is 1. The average molecular weight is 266 g/mol. The van der Waals surface area contributed by atoms with Gasteiger partial charge in [-0.05, 0) is 24.6 Å². The number of benzene rings is 1. The van der Waals surface area contributed by atoms with Gasteiger partial charge in [0.2, 0.25) is 0 Å². The Morgan fingerprint density at radius 2 is 2.27 bits per heavy atom. The summed E-state index contributed by atoms with van der Waals surface area (Å²) < 4.78 is 5.06. The van der Waals surface area contributed by atoms with Crippen molar-refractivity contribution >= 4 is 22.0 Å². The lowest BCUT2D eigenvalue weighted by molar-refractivity contribution is 0.413. The van der Waals surface area contributed by atoms with Gasteiger partial charge in [-0.3, -0.25) is 0 Å². The molecule has 0 saturated heterocycles. The Kier molecular flexibility index (Phi) is 4.38. The van der Waals surface area contributed by atoms with E-state index in [1.54, 1.807) is 13.2 Å². The van der Waals surface area contributed by atoms with Crippen molar-refractivity contribution in [2.75, 3.05) is 7.11 Å². The van der Waals surface area contributed by atoms with E-state index in [9.17, 15) is 0 Å². The van der Waals surface area contributed by atoms with Gasteiger partial charge in [0.05, 0.1) is 12.7 Å². The number of methoxy groups -OCH3 is 1. The van der Waals surface area contributed by atoms with Gasteiger partial charge in [-0.15, -0.1) is 0 Å². The molecule has 0 aromatic heterocycles. The lowest BCUT2D eigenvalue weighted by atomic mass is 10.1. The van der Waals surface area contributed by atoms with Crippen LogP contribution in [0.4, 0.5) is 0 Å². The zero-order chi connectivity index (χ0) is 11.3. The van der Waals surface area contributed by atoms with Crippen molar-refractivity contribution in [2.24, 2.45) is 0 Å². The van der Waals surface area contributed by atoms with E-state index in [0.29, 0.717) is 16.1 Å². The van der Waals surface area contributed by atoms with Gasteiger partial charge in [-0.25, -0.2) is 0 Å². The lowest BCUT2D eigenvalue weighted by Gasteiger charge is -2.03. The molecule has 3 heteroatoms. The molecule has 15 heavy (non-hydrogen) atoms. The van der Waals surface area contributed by atoms with E-state index in [2.05, 4.69) is 22.0 Å². The zero-order valence-electron chi connectivity index (χ0n) is 8.70. The maximum atomic E-state index is 8.89. The second kappa shape index (κ2) is 5.57. The Morgan fingerprint density at radius 3 is 2.80 bits per heavy atom. The van der Waals surface area contributed by atoms with Crippen molar-refractivity contribution in [2.45, 2.75) is 11.8 Å². The molecule has 1 aromatic carbocycles. The number of nitriles is 1. The molecule has 0 saturated carbocycles. The van der Waals surface area contributed by atoms with Crippen molar-refractivity contribution < 1.29 is 4.74 Å². The van der Waals surface area contributed by atoms with Crippen LogP contribution >= 0.6 is 15.9 Å². The first-order chi connectivity index (χ1) is 7.17. The van der Waals surface area contributed by atoms with E-state index in [1.165, 1.54) is 0 Å². The molecule has 0 N–H and O–H groups in total. The van der Waals surface area contributed by atoms with Crippen LogP contribution in [-0.4, -0.2) is 11.9 Å². The first-order valence-corrected chi connectivity index (χ1v) is 5.49. The molecule has 0 spiro atoms. The Morgan fingerprint density at radius 1 is 1.53 bits per heavy atom. The summed E-state index contributed by atoms with van der Waals surface area (Å²) in [7, 11) is 1.56. The fourth-order valence-electron chi connectivity index (χ4n) is 1.16. The summed E-state index contributed by atoms with van der Waals surface area (Å²) in [5.74, 6) is 0.613. The Hall–Kier alpha value is -1.27. The van der Waals surface area contributed by atoms with Crippen LogP contribution in [0.5, 0.6) is 5.75 Å². The highest BCUT2D eigenvalue weighted by Crippen LogP contribution is 2.19. The predicted octanol–water partition coefficient (Wildman–Crippen LogP) is 3.36. The molecule has 0 amide bonds. The lowest BCUT2D eigenvalue weighted by Crippen LogP contribution is -1.88. The second-order valence-corrected chi connectivity index (χ2v) is 4.55. The fraction of sp³-hybridized carbons (Fsp3) is 0.250. The van der Waals surface area contributed by atoms with Crippen molar-refractivity contribution in [1.29, 1.82) is 5.26 Å². The van der Waals surface area contributed by atoms with Crippen LogP contribution in [0.3, 0.4) is 0 Å². The van der Waals surface area contributed by atoms with E-state index in [1.807, 2.05) is 31.2 Å². The molecule has 0 heterocycles. The molecule has 1 rings (SSSR count). The smallest absolute Gasteiger partial charge is 0.136 e. The van der Waals surface area contributed by atoms with Crippen LogP contribution < -0.4 is 4.74 Å². The Bertz CT molecular complexity index is 405. The van der Waals surface area contributed by atoms with E-state index in [4.69, 9.17) is 10.00 Å². The first kappa shape index (κ1) is 11.8. The molecule has 2 nitrogen and oxygen atoms in total. The largest absolute Gasteiger partial charge is 0.495 e. The highest BCUT2D eigenvalue weighted by atomic mass is 79.9. The molecule has 0 bridgehead atoms. The standard InChI is InChI=1S/C12H12BrNO/c1-9(13)3-4-10-5-6-12(15-2)11(7-10)8-14/h3-7,9H,1-2H3/b4-3+. The highest BCUT2D eigenvalue weighted by Gasteiger charge is 2.01. The molecule has 1 atom stereocenters. The minimum Gasteiger partial charge on any atom is -0.495 e. The Balaban J connectivity index is 2.99. The number of hydrogen-bond donors (Lipinski definition) is 0. The minimum atomic E-state index is 0.324. The Labute approximate surface area is 98.3 Å². The fourth-order valence-corrected chi connectivity index (χ4v) is 1.31. The molecule has 0 aliphatic heterocycles. The number of allylic oxidation sites excluding steroid dienone is 1. The van der Waals surface area contributed by atoms with Gasteiger partial charge >= 0.3 is 0 Å². The molecular formula is C12H12BrNO. The number of ether oxygens (including phenoxy) is 1. The van der Waals surface area contributed by atoms with Crippen molar-refractivity contribution in [1.82, 2.24) is 0 Å². The van der Waals surface area contributed by atoms with Gasteiger partial charge in [0, 0.05) is 4.83 Å². The third-order valence-electron chi connectivity index (χ3n) is 1.90. The number of rotatable bonds is 3. The van der Waals surface area contributed by atoms with Crippen LogP contribution in [0, 0.1) is 11.3 Å². The summed E-state index contributed by atoms with van der Waals surface area (Å²) in [4.78, 5) is 0.324. The molecule has 1 unspecified atom stereocenters. The summed E-state index contributed by atoms with van der Waals surface area (Å²) in [6.07, 6.45) is 3.99. The van der Waals surface area contributed by atoms with Crippen LogP contribution in [0.1, 0.15) is 18.1 Å². The normalized spacial score (nSPS) is 12.4. The molecule has 0 radical (unpaired) electrons. The quantitative estimate of drug-likeness (QED) is 0.786. The summed E-state index contributed by atoms with van der Waals surface area (Å²) in [6.45, 7) is 2.03. The predicted molar refractivity (Wildman–Crippen MR) is 65.1 cm³/mol. The molecule has 1 aromatic rings. The van der Waals surface area contributed by atoms with Gasteiger partial charge < -0.3 is 4.74 Å². The first-order valence-electron chi connectivity index (χ1n) is 4.57. The maximum absolute atomic E-state index is 8.89. The molecule has 0 aliphatic carbocycles. The highest BCUT2D eigenvalue weighted by molar-refractivity contribution is 9.09. The number of nitrogens with zero attached hydrogens (tertiary/aromatic N) is 1. The van der Waals surface area contributed by atoms with Crippen molar-refractivity contribution in [3.8, 4) is 11.8 Å². The van der Waals surface area contributed by atoms with Crippen LogP contribution in [0.25, 0.3) is 6.08 Å². The average Bonchev–Trinajstić information content (AvgIpc) is 2.25. The molecule has 0 aliphatic rings. The van der Waals surface area contributed by atoms with Crippen LogP contribution in [0.15, 0.2) is 24.3 Å². The van der Waals surface area contributed by atoms with Crippen LogP contribution in [0.2, 0.25) is 0 Å². The summed E-state index contributed by atoms with van der Waals surface area (Å²) in [5, 5.41) is 8.89. The van der Waals surface area contributed by atoms with Crippen molar-refractivity contribution in [3.05, 3.63) is 35.4 Å². The van der Waals surface area contributed by atoms with Gasteiger partial charge in [0.25, 0.3) is 0 Å². The molecule has 78 valence electrons. The molecule has 0 fully saturated rings. The maximum Gasteiger partial charge on any atom is 0.136 e. The minimum absolute atomic E-state index is 0.324. The SMILES string of the molecule is COc1ccc(/C=C/C(C)Br)cc1C#N. The summed E-state index contributed by atoms with van der Waals surface area (Å²) in [5.41, 5.74) is 1.56. The van der Waals surface area contributed by atoms with E-state index in [-0.39, 0.29) is 0 Å². The van der Waals surface area contributed by atoms with E-state index in [0.717, 1.165) is 5.56 Å². The number of hydrogen-bond acceptors (Lipinski definition) is 2. The van der Waals surface area contributed by atoms with Gasteiger partial charge in [-0.1, -0.05) is 34.1 Å². The third kappa shape index (κ3) is 3.41. The van der Waals surface area contributed by atoms with Crippen molar-refractivity contribution in [3.63, 3.8) is 0 Å². The number of halogens is 1. The van der Waals surface area contributed by atoms with Crippen LogP contribution in [-0.2, 0) is 0 Å². The topological polar surface area (TPSA) is 33.0 Å². The van der Waals surface area contributed by atoms with Gasteiger partial charge in [0.1, 0.15) is 11.8 Å². The third-order valence-corrected chi connectivity index (χ3v) is 2.20. The molecular weight excluding hydrogens is 254 g/mol.